The van der Waals surface area contributed by atoms with Crippen LogP contribution in [-0.4, -0.2) is 29.1 Å². The van der Waals surface area contributed by atoms with Crippen molar-refractivity contribution >= 4 is 23.0 Å². The van der Waals surface area contributed by atoms with Crippen LogP contribution in [0.15, 0.2) is 29.2 Å². The molecule has 0 aliphatic carbocycles. The zero-order chi connectivity index (χ0) is 10.6. The zero-order valence-corrected chi connectivity index (χ0v) is 9.32. The van der Waals surface area contributed by atoms with Gasteiger partial charge in [0.25, 0.3) is 0 Å². The summed E-state index contributed by atoms with van der Waals surface area (Å²) in [6, 6.07) is 6.68. The SMILES string of the molecule is CN(CCF)[S+]([O-])c1ccc(Cl)cc1. The number of hydrogen-bond acceptors (Lipinski definition) is 2. The summed E-state index contributed by atoms with van der Waals surface area (Å²) in [4.78, 5) is 0.630. The lowest BCUT2D eigenvalue weighted by atomic mass is 10.4. The number of halogens is 2. The third-order valence-corrected chi connectivity index (χ3v) is 3.37. The van der Waals surface area contributed by atoms with Gasteiger partial charge in [-0.2, -0.15) is 0 Å². The minimum atomic E-state index is -1.30. The van der Waals surface area contributed by atoms with Gasteiger partial charge in [0, 0.05) is 12.1 Å². The van der Waals surface area contributed by atoms with Crippen molar-refractivity contribution in [3.63, 3.8) is 0 Å². The highest BCUT2D eigenvalue weighted by atomic mass is 35.5. The van der Waals surface area contributed by atoms with Crippen molar-refractivity contribution in [1.29, 1.82) is 0 Å². The molecule has 78 valence electrons. The molecule has 0 saturated heterocycles. The van der Waals surface area contributed by atoms with E-state index in [1.165, 1.54) is 4.31 Å². The predicted molar refractivity (Wildman–Crippen MR) is 56.5 cm³/mol. The molecule has 0 aromatic heterocycles. The standard InChI is InChI=1S/C9H11ClFNOS/c1-12(7-6-11)14(13)9-4-2-8(10)3-5-9/h2-5H,6-7H2,1H3. The highest BCUT2D eigenvalue weighted by Gasteiger charge is 2.17. The van der Waals surface area contributed by atoms with Crippen LogP contribution in [-0.2, 0) is 11.4 Å². The first-order valence-corrected chi connectivity index (χ1v) is 5.58. The Kier molecular flexibility index (Phi) is 4.68. The zero-order valence-electron chi connectivity index (χ0n) is 7.74. The van der Waals surface area contributed by atoms with E-state index in [0.717, 1.165) is 0 Å². The van der Waals surface area contributed by atoms with Crippen molar-refractivity contribution < 1.29 is 8.94 Å². The Balaban J connectivity index is 2.68. The maximum Gasteiger partial charge on any atom is 0.174 e. The Hall–Kier alpha value is -0.290. The molecule has 0 aliphatic rings. The third-order valence-electron chi connectivity index (χ3n) is 1.70. The monoisotopic (exact) mass is 235 g/mol. The van der Waals surface area contributed by atoms with Gasteiger partial charge in [-0.15, -0.1) is 4.31 Å². The average Bonchev–Trinajstić information content (AvgIpc) is 2.18. The Bertz CT molecular complexity index is 283. The highest BCUT2D eigenvalue weighted by Crippen LogP contribution is 2.17. The van der Waals surface area contributed by atoms with Crippen LogP contribution in [0.1, 0.15) is 0 Å². The summed E-state index contributed by atoms with van der Waals surface area (Å²) in [5.41, 5.74) is 0. The summed E-state index contributed by atoms with van der Waals surface area (Å²) < 4.78 is 25.1. The average molecular weight is 236 g/mol. The predicted octanol–water partition coefficient (Wildman–Crippen LogP) is 2.26. The number of hydrogen-bond donors (Lipinski definition) is 0. The van der Waals surface area contributed by atoms with Gasteiger partial charge in [0.2, 0.25) is 0 Å². The van der Waals surface area contributed by atoms with Gasteiger partial charge >= 0.3 is 0 Å². The smallest absolute Gasteiger partial charge is 0.174 e. The minimum Gasteiger partial charge on any atom is -0.593 e. The molecule has 14 heavy (non-hydrogen) atoms. The van der Waals surface area contributed by atoms with Crippen molar-refractivity contribution in [3.8, 4) is 0 Å². The number of nitrogens with zero attached hydrogens (tertiary/aromatic N) is 1. The van der Waals surface area contributed by atoms with Crippen molar-refractivity contribution in [2.45, 2.75) is 4.90 Å². The topological polar surface area (TPSA) is 26.3 Å². The highest BCUT2D eigenvalue weighted by molar-refractivity contribution is 7.89. The third kappa shape index (κ3) is 3.13. The lowest BCUT2D eigenvalue weighted by molar-refractivity contribution is 0.394. The first-order chi connectivity index (χ1) is 6.65. The molecule has 0 bridgehead atoms. The molecule has 0 radical (unpaired) electrons. The quantitative estimate of drug-likeness (QED) is 0.749. The Labute approximate surface area is 91.0 Å². The molecule has 2 nitrogen and oxygen atoms in total. The molecular weight excluding hydrogens is 225 g/mol. The van der Waals surface area contributed by atoms with E-state index in [0.29, 0.717) is 9.92 Å². The van der Waals surface area contributed by atoms with E-state index in [2.05, 4.69) is 0 Å². The number of alkyl halides is 1. The molecule has 0 N–H and O–H groups in total. The fourth-order valence-electron chi connectivity index (χ4n) is 0.933. The molecule has 0 amide bonds. The van der Waals surface area contributed by atoms with E-state index in [9.17, 15) is 8.94 Å². The van der Waals surface area contributed by atoms with Crippen LogP contribution in [0.5, 0.6) is 0 Å². The molecule has 0 fully saturated rings. The maximum atomic E-state index is 12.0. The maximum absolute atomic E-state index is 12.0. The van der Waals surface area contributed by atoms with Crippen LogP contribution in [0.4, 0.5) is 4.39 Å². The van der Waals surface area contributed by atoms with Gasteiger partial charge in [-0.3, -0.25) is 0 Å². The molecule has 0 spiro atoms. The van der Waals surface area contributed by atoms with Crippen LogP contribution in [0, 0.1) is 0 Å². The molecule has 1 aromatic carbocycles. The van der Waals surface area contributed by atoms with Crippen LogP contribution in [0.25, 0.3) is 0 Å². The van der Waals surface area contributed by atoms with Crippen LogP contribution >= 0.6 is 11.6 Å². The number of benzene rings is 1. The second-order valence-electron chi connectivity index (χ2n) is 2.74. The van der Waals surface area contributed by atoms with Crippen molar-refractivity contribution in [2.24, 2.45) is 0 Å². The summed E-state index contributed by atoms with van der Waals surface area (Å²) in [5, 5.41) is 0.596. The summed E-state index contributed by atoms with van der Waals surface area (Å²) >= 11 is 4.38. The van der Waals surface area contributed by atoms with Crippen LogP contribution in [0.3, 0.4) is 0 Å². The lowest BCUT2D eigenvalue weighted by Crippen LogP contribution is -2.28. The van der Waals surface area contributed by atoms with E-state index < -0.39 is 18.0 Å². The van der Waals surface area contributed by atoms with Crippen LogP contribution in [0.2, 0.25) is 5.02 Å². The van der Waals surface area contributed by atoms with Gasteiger partial charge in [-0.1, -0.05) is 11.6 Å². The summed E-state index contributed by atoms with van der Waals surface area (Å²) in [6.45, 7) is -0.342. The van der Waals surface area contributed by atoms with E-state index in [-0.39, 0.29) is 6.54 Å². The largest absolute Gasteiger partial charge is 0.593 e. The van der Waals surface area contributed by atoms with Crippen molar-refractivity contribution in [1.82, 2.24) is 4.31 Å². The van der Waals surface area contributed by atoms with Gasteiger partial charge in [-0.25, -0.2) is 4.39 Å². The molecule has 5 heteroatoms. The van der Waals surface area contributed by atoms with Gasteiger partial charge < -0.3 is 4.55 Å². The second-order valence-corrected chi connectivity index (χ2v) is 4.77. The Morgan fingerprint density at radius 3 is 2.50 bits per heavy atom. The molecule has 1 aromatic rings. The minimum absolute atomic E-state index is 0.162. The normalized spacial score (nSPS) is 13.2. The fourth-order valence-corrected chi connectivity index (χ4v) is 2.02. The first kappa shape index (κ1) is 11.8. The summed E-state index contributed by atoms with van der Waals surface area (Å²) in [6.07, 6.45) is 0. The summed E-state index contributed by atoms with van der Waals surface area (Å²) in [7, 11) is 1.62. The van der Waals surface area contributed by atoms with Crippen molar-refractivity contribution in [3.05, 3.63) is 29.3 Å². The van der Waals surface area contributed by atoms with Gasteiger partial charge in [0.15, 0.2) is 4.90 Å². The molecule has 1 rings (SSSR count). The first-order valence-electron chi connectivity index (χ1n) is 4.09. The second kappa shape index (κ2) is 5.56. The van der Waals surface area contributed by atoms with E-state index in [1.54, 1.807) is 31.3 Å². The molecule has 1 atom stereocenters. The van der Waals surface area contributed by atoms with Gasteiger partial charge in [0.05, 0.1) is 17.9 Å². The lowest BCUT2D eigenvalue weighted by Gasteiger charge is -2.18. The molecule has 0 aliphatic heterocycles. The fraction of sp³-hybridized carbons (Fsp3) is 0.333. The van der Waals surface area contributed by atoms with E-state index in [1.807, 2.05) is 0 Å². The van der Waals surface area contributed by atoms with E-state index >= 15 is 0 Å². The van der Waals surface area contributed by atoms with Gasteiger partial charge in [-0.05, 0) is 24.3 Å². The molecule has 0 saturated carbocycles. The Morgan fingerprint density at radius 2 is 2.00 bits per heavy atom. The number of rotatable bonds is 4. The molecular formula is C9H11ClFNOS. The van der Waals surface area contributed by atoms with Crippen LogP contribution < -0.4 is 0 Å². The van der Waals surface area contributed by atoms with Gasteiger partial charge in [0.1, 0.15) is 6.67 Å². The Morgan fingerprint density at radius 1 is 1.43 bits per heavy atom. The molecule has 0 heterocycles. The molecule has 1 unspecified atom stereocenters. The summed E-state index contributed by atoms with van der Waals surface area (Å²) in [5.74, 6) is 0. The van der Waals surface area contributed by atoms with Crippen molar-refractivity contribution in [2.75, 3.05) is 20.3 Å². The van der Waals surface area contributed by atoms with E-state index in [4.69, 9.17) is 11.6 Å².